The molecule has 0 aromatic carbocycles. The Morgan fingerprint density at radius 1 is 1.44 bits per heavy atom. The number of piperidine rings is 1. The predicted molar refractivity (Wildman–Crippen MR) is 62.6 cm³/mol. The molecule has 1 fully saturated rings. The number of aromatic amines is 1. The lowest BCUT2D eigenvalue weighted by Crippen LogP contribution is -2.42. The fourth-order valence-corrected chi connectivity index (χ4v) is 2.36. The number of carbonyl (C=O) groups is 1. The first-order valence-electron chi connectivity index (χ1n) is 5.45. The van der Waals surface area contributed by atoms with Crippen molar-refractivity contribution in [1.29, 1.82) is 0 Å². The lowest BCUT2D eigenvalue weighted by molar-refractivity contribution is 0.186. The number of urea groups is 1. The van der Waals surface area contributed by atoms with Crippen LogP contribution in [0.15, 0.2) is 10.2 Å². The summed E-state index contributed by atoms with van der Waals surface area (Å²) in [6.07, 6.45) is 3.38. The quantitative estimate of drug-likeness (QED) is 0.815. The zero-order valence-corrected chi connectivity index (χ0v) is 9.81. The van der Waals surface area contributed by atoms with E-state index in [-0.39, 0.29) is 10.9 Å². The Labute approximate surface area is 97.5 Å². The molecule has 16 heavy (non-hydrogen) atoms. The summed E-state index contributed by atoms with van der Waals surface area (Å²) in [6, 6.07) is -0.0354. The lowest BCUT2D eigenvalue weighted by Gasteiger charge is -2.26. The average Bonchev–Trinajstić information content (AvgIpc) is 2.73. The van der Waals surface area contributed by atoms with Crippen LogP contribution in [0.5, 0.6) is 0 Å². The summed E-state index contributed by atoms with van der Waals surface area (Å²) in [5.74, 6) is 0. The number of rotatable bonds is 2. The third kappa shape index (κ3) is 2.85. The molecule has 1 aliphatic rings. The molecule has 1 aromatic rings. The molecule has 88 valence electrons. The van der Waals surface area contributed by atoms with Crippen molar-refractivity contribution in [3.8, 4) is 0 Å². The van der Waals surface area contributed by atoms with Crippen molar-refractivity contribution in [3.63, 3.8) is 0 Å². The van der Waals surface area contributed by atoms with Crippen LogP contribution in [0.4, 0.5) is 4.79 Å². The molecule has 0 bridgehead atoms. The number of likely N-dealkylation sites (tertiary alicyclic amines) is 1. The van der Waals surface area contributed by atoms with E-state index in [4.69, 9.17) is 0 Å². The van der Waals surface area contributed by atoms with Crippen LogP contribution < -0.4 is 10.2 Å². The molecule has 1 saturated heterocycles. The minimum atomic E-state index is -0.0813. The highest BCUT2D eigenvalue weighted by Crippen LogP contribution is 2.08. The molecule has 0 spiro atoms. The van der Waals surface area contributed by atoms with E-state index in [2.05, 4.69) is 10.3 Å². The van der Waals surface area contributed by atoms with Gasteiger partial charge < -0.3 is 15.2 Å². The molecular formula is C10H15N3O2S. The summed E-state index contributed by atoms with van der Waals surface area (Å²) in [5.41, 5.74) is 0.764. The summed E-state index contributed by atoms with van der Waals surface area (Å²) >= 11 is 1.12. The SMILES string of the molecule is O=C(NCc1csc(=O)[nH]1)N1CCCCC1. The van der Waals surface area contributed by atoms with E-state index in [1.54, 1.807) is 5.38 Å². The molecular weight excluding hydrogens is 226 g/mol. The first-order valence-corrected chi connectivity index (χ1v) is 6.33. The maximum atomic E-state index is 11.7. The highest BCUT2D eigenvalue weighted by atomic mass is 32.1. The average molecular weight is 241 g/mol. The van der Waals surface area contributed by atoms with E-state index < -0.39 is 0 Å². The van der Waals surface area contributed by atoms with Gasteiger partial charge in [0, 0.05) is 24.2 Å². The molecule has 5 nitrogen and oxygen atoms in total. The van der Waals surface area contributed by atoms with Crippen LogP contribution in [0.2, 0.25) is 0 Å². The van der Waals surface area contributed by atoms with Gasteiger partial charge in [-0.1, -0.05) is 11.3 Å². The van der Waals surface area contributed by atoms with Crippen molar-refractivity contribution < 1.29 is 4.79 Å². The van der Waals surface area contributed by atoms with Crippen LogP contribution in [0.3, 0.4) is 0 Å². The molecule has 1 aliphatic heterocycles. The van der Waals surface area contributed by atoms with Crippen LogP contribution in [-0.2, 0) is 6.54 Å². The first kappa shape index (κ1) is 11.2. The molecule has 0 unspecified atom stereocenters. The Balaban J connectivity index is 1.81. The van der Waals surface area contributed by atoms with Crippen molar-refractivity contribution in [1.82, 2.24) is 15.2 Å². The van der Waals surface area contributed by atoms with Gasteiger partial charge in [-0.3, -0.25) is 4.79 Å². The molecule has 6 heteroatoms. The summed E-state index contributed by atoms with van der Waals surface area (Å²) in [6.45, 7) is 2.08. The Morgan fingerprint density at radius 2 is 2.19 bits per heavy atom. The van der Waals surface area contributed by atoms with Crippen molar-refractivity contribution in [3.05, 3.63) is 20.7 Å². The molecule has 2 rings (SSSR count). The number of aromatic nitrogens is 1. The number of amides is 2. The lowest BCUT2D eigenvalue weighted by atomic mass is 10.1. The summed E-state index contributed by atoms with van der Waals surface area (Å²) in [4.78, 5) is 27.0. The van der Waals surface area contributed by atoms with E-state index in [1.165, 1.54) is 6.42 Å². The number of H-pyrrole nitrogens is 1. The second-order valence-electron chi connectivity index (χ2n) is 3.88. The van der Waals surface area contributed by atoms with Crippen molar-refractivity contribution in [2.75, 3.05) is 13.1 Å². The third-order valence-corrected chi connectivity index (χ3v) is 3.36. The zero-order valence-electron chi connectivity index (χ0n) is 8.99. The second-order valence-corrected chi connectivity index (χ2v) is 4.72. The maximum Gasteiger partial charge on any atom is 0.317 e. The maximum absolute atomic E-state index is 11.7. The van der Waals surface area contributed by atoms with E-state index in [0.717, 1.165) is 43.0 Å². The number of hydrogen-bond donors (Lipinski definition) is 2. The molecule has 2 amide bonds. The van der Waals surface area contributed by atoms with Gasteiger partial charge in [0.2, 0.25) is 0 Å². The topological polar surface area (TPSA) is 65.2 Å². The van der Waals surface area contributed by atoms with Crippen LogP contribution >= 0.6 is 11.3 Å². The van der Waals surface area contributed by atoms with E-state index in [9.17, 15) is 9.59 Å². The minimum absolute atomic E-state index is 0.0354. The summed E-state index contributed by atoms with van der Waals surface area (Å²) < 4.78 is 0. The van der Waals surface area contributed by atoms with Crippen molar-refractivity contribution >= 4 is 17.4 Å². The fraction of sp³-hybridized carbons (Fsp3) is 0.600. The van der Waals surface area contributed by atoms with Crippen LogP contribution in [0.1, 0.15) is 25.0 Å². The van der Waals surface area contributed by atoms with E-state index in [1.807, 2.05) is 4.90 Å². The normalized spacial score (nSPS) is 16.1. The van der Waals surface area contributed by atoms with E-state index >= 15 is 0 Å². The largest absolute Gasteiger partial charge is 0.332 e. The van der Waals surface area contributed by atoms with Gasteiger partial charge in [-0.2, -0.15) is 0 Å². The number of nitrogens with one attached hydrogen (secondary N) is 2. The second kappa shape index (κ2) is 5.16. The first-order chi connectivity index (χ1) is 7.75. The standard InChI is InChI=1S/C10H15N3O2S/c14-9(13-4-2-1-3-5-13)11-6-8-7-16-10(15)12-8/h7H,1-6H2,(H,11,14)(H,12,15). The monoisotopic (exact) mass is 241 g/mol. The van der Waals surface area contributed by atoms with Gasteiger partial charge in [0.15, 0.2) is 0 Å². The Kier molecular flexibility index (Phi) is 3.61. The van der Waals surface area contributed by atoms with Crippen LogP contribution in [-0.4, -0.2) is 29.0 Å². The van der Waals surface area contributed by atoms with Crippen LogP contribution in [0.25, 0.3) is 0 Å². The third-order valence-electron chi connectivity index (χ3n) is 2.64. The number of hydrogen-bond acceptors (Lipinski definition) is 3. The van der Waals surface area contributed by atoms with E-state index in [0.29, 0.717) is 6.54 Å². The number of carbonyl (C=O) groups excluding carboxylic acids is 1. The van der Waals surface area contributed by atoms with Crippen molar-refractivity contribution in [2.24, 2.45) is 0 Å². The van der Waals surface area contributed by atoms with Gasteiger partial charge in [-0.05, 0) is 19.3 Å². The Morgan fingerprint density at radius 3 is 2.81 bits per heavy atom. The fourth-order valence-electron chi connectivity index (χ4n) is 1.78. The smallest absolute Gasteiger partial charge is 0.317 e. The molecule has 0 aliphatic carbocycles. The van der Waals surface area contributed by atoms with Gasteiger partial charge in [0.05, 0.1) is 6.54 Å². The van der Waals surface area contributed by atoms with Crippen molar-refractivity contribution in [2.45, 2.75) is 25.8 Å². The van der Waals surface area contributed by atoms with Gasteiger partial charge >= 0.3 is 10.9 Å². The number of nitrogens with zero attached hydrogens (tertiary/aromatic N) is 1. The highest BCUT2D eigenvalue weighted by Gasteiger charge is 2.15. The van der Waals surface area contributed by atoms with Gasteiger partial charge in [-0.15, -0.1) is 0 Å². The number of thiazole rings is 1. The Bertz CT molecular complexity index is 406. The Hall–Kier alpha value is -1.30. The highest BCUT2D eigenvalue weighted by molar-refractivity contribution is 7.07. The summed E-state index contributed by atoms with van der Waals surface area (Å²) in [7, 11) is 0. The zero-order chi connectivity index (χ0) is 11.4. The van der Waals surface area contributed by atoms with Crippen LogP contribution in [0, 0.1) is 0 Å². The molecule has 2 N–H and O–H groups in total. The minimum Gasteiger partial charge on any atom is -0.332 e. The van der Waals surface area contributed by atoms with Gasteiger partial charge in [-0.25, -0.2) is 4.79 Å². The molecule has 0 saturated carbocycles. The molecule has 2 heterocycles. The predicted octanol–water partition coefficient (Wildman–Crippen LogP) is 1.13. The molecule has 0 radical (unpaired) electrons. The summed E-state index contributed by atoms with van der Waals surface area (Å²) in [5, 5.41) is 4.54. The van der Waals surface area contributed by atoms with Gasteiger partial charge in [0.1, 0.15) is 0 Å². The molecule has 1 aromatic heterocycles. The molecule has 0 atom stereocenters. The van der Waals surface area contributed by atoms with Gasteiger partial charge in [0.25, 0.3) is 0 Å².